The van der Waals surface area contributed by atoms with E-state index >= 15 is 0 Å². The largest absolute Gasteiger partial charge is 0.493 e. The predicted octanol–water partition coefficient (Wildman–Crippen LogP) is 0.994. The van der Waals surface area contributed by atoms with Gasteiger partial charge in [0.15, 0.2) is 11.5 Å². The SMILES string of the molecule is CCNS(=O)(=O)N(C)c1ccc(OC)c(OC)c1. The first-order valence-electron chi connectivity index (χ1n) is 5.41. The predicted molar refractivity (Wildman–Crippen MR) is 70.5 cm³/mol. The molecule has 18 heavy (non-hydrogen) atoms. The highest BCUT2D eigenvalue weighted by molar-refractivity contribution is 7.90. The van der Waals surface area contributed by atoms with Crippen LogP contribution in [-0.4, -0.2) is 36.2 Å². The van der Waals surface area contributed by atoms with Crippen molar-refractivity contribution in [2.75, 3.05) is 32.1 Å². The quantitative estimate of drug-likeness (QED) is 0.840. The van der Waals surface area contributed by atoms with Gasteiger partial charge in [-0.3, -0.25) is 4.31 Å². The average Bonchev–Trinajstić information content (AvgIpc) is 2.36. The summed E-state index contributed by atoms with van der Waals surface area (Å²) in [6, 6.07) is 4.91. The fraction of sp³-hybridized carbons (Fsp3) is 0.455. The summed E-state index contributed by atoms with van der Waals surface area (Å²) in [5.74, 6) is 1.03. The second-order valence-corrected chi connectivity index (χ2v) is 5.30. The second kappa shape index (κ2) is 5.92. The molecule has 0 aliphatic rings. The molecule has 0 amide bonds. The van der Waals surface area contributed by atoms with Crippen LogP contribution in [-0.2, 0) is 10.2 Å². The van der Waals surface area contributed by atoms with E-state index in [2.05, 4.69) is 4.72 Å². The molecule has 0 aliphatic carbocycles. The van der Waals surface area contributed by atoms with Gasteiger partial charge in [0, 0.05) is 19.7 Å². The molecule has 1 N–H and O–H groups in total. The van der Waals surface area contributed by atoms with Crippen LogP contribution in [0.1, 0.15) is 6.92 Å². The zero-order valence-corrected chi connectivity index (χ0v) is 11.7. The Morgan fingerprint density at radius 1 is 1.22 bits per heavy atom. The van der Waals surface area contributed by atoms with Crippen LogP contribution < -0.4 is 18.5 Å². The number of nitrogens with one attached hydrogen (secondary N) is 1. The van der Waals surface area contributed by atoms with Gasteiger partial charge in [0.1, 0.15) is 0 Å². The van der Waals surface area contributed by atoms with Gasteiger partial charge in [0.2, 0.25) is 0 Å². The molecule has 102 valence electrons. The van der Waals surface area contributed by atoms with Crippen molar-refractivity contribution in [3.8, 4) is 11.5 Å². The average molecular weight is 274 g/mol. The van der Waals surface area contributed by atoms with E-state index < -0.39 is 10.2 Å². The van der Waals surface area contributed by atoms with E-state index in [1.165, 1.54) is 21.3 Å². The lowest BCUT2D eigenvalue weighted by atomic mass is 10.3. The Morgan fingerprint density at radius 2 is 1.83 bits per heavy atom. The van der Waals surface area contributed by atoms with E-state index in [0.717, 1.165) is 4.31 Å². The number of nitrogens with zero attached hydrogens (tertiary/aromatic N) is 1. The van der Waals surface area contributed by atoms with Crippen molar-refractivity contribution in [3.63, 3.8) is 0 Å². The summed E-state index contributed by atoms with van der Waals surface area (Å²) in [6.45, 7) is 2.06. The summed E-state index contributed by atoms with van der Waals surface area (Å²) >= 11 is 0. The van der Waals surface area contributed by atoms with Crippen molar-refractivity contribution in [2.45, 2.75) is 6.92 Å². The summed E-state index contributed by atoms with van der Waals surface area (Å²) < 4.78 is 37.4. The van der Waals surface area contributed by atoms with Gasteiger partial charge >= 0.3 is 10.2 Å². The lowest BCUT2D eigenvalue weighted by Gasteiger charge is -2.20. The molecule has 7 heteroatoms. The highest BCUT2D eigenvalue weighted by Crippen LogP contribution is 2.31. The number of ether oxygens (including phenoxy) is 2. The van der Waals surface area contributed by atoms with Crippen molar-refractivity contribution in [1.82, 2.24) is 4.72 Å². The maximum atomic E-state index is 11.8. The van der Waals surface area contributed by atoms with Gasteiger partial charge in [-0.25, -0.2) is 0 Å². The van der Waals surface area contributed by atoms with Gasteiger partial charge in [-0.1, -0.05) is 6.92 Å². The van der Waals surface area contributed by atoms with Crippen molar-refractivity contribution >= 4 is 15.9 Å². The standard InChI is InChI=1S/C11H18N2O4S/c1-5-12-18(14,15)13(2)9-6-7-10(16-3)11(8-9)17-4/h6-8,12H,5H2,1-4H3. The maximum Gasteiger partial charge on any atom is 0.301 e. The molecule has 0 bridgehead atoms. The Hall–Kier alpha value is -1.47. The minimum Gasteiger partial charge on any atom is -0.493 e. The number of rotatable bonds is 6. The topological polar surface area (TPSA) is 67.9 Å². The second-order valence-electron chi connectivity index (χ2n) is 3.51. The van der Waals surface area contributed by atoms with Crippen LogP contribution in [0.2, 0.25) is 0 Å². The molecule has 0 spiro atoms. The molecule has 0 radical (unpaired) electrons. The zero-order valence-electron chi connectivity index (χ0n) is 10.9. The molecular formula is C11H18N2O4S. The van der Waals surface area contributed by atoms with E-state index in [1.807, 2.05) is 0 Å². The summed E-state index contributed by atoms with van der Waals surface area (Å²) in [4.78, 5) is 0. The number of hydrogen-bond donors (Lipinski definition) is 1. The first-order chi connectivity index (χ1) is 8.46. The molecule has 0 heterocycles. The van der Waals surface area contributed by atoms with Crippen molar-refractivity contribution in [3.05, 3.63) is 18.2 Å². The number of hydrogen-bond acceptors (Lipinski definition) is 4. The summed E-state index contributed by atoms with van der Waals surface area (Å²) in [6.07, 6.45) is 0. The smallest absolute Gasteiger partial charge is 0.301 e. The maximum absolute atomic E-state index is 11.8. The van der Waals surface area contributed by atoms with Crippen LogP contribution in [0.3, 0.4) is 0 Å². The molecule has 0 atom stereocenters. The lowest BCUT2D eigenvalue weighted by Crippen LogP contribution is -2.38. The van der Waals surface area contributed by atoms with E-state index in [-0.39, 0.29) is 0 Å². The van der Waals surface area contributed by atoms with Gasteiger partial charge in [-0.15, -0.1) is 0 Å². The van der Waals surface area contributed by atoms with Gasteiger partial charge in [-0.05, 0) is 12.1 Å². The Bertz CT molecular complexity index is 502. The Kier molecular flexibility index (Phi) is 4.80. The first kappa shape index (κ1) is 14.6. The van der Waals surface area contributed by atoms with Crippen LogP contribution >= 0.6 is 0 Å². The van der Waals surface area contributed by atoms with Crippen molar-refractivity contribution < 1.29 is 17.9 Å². The third kappa shape index (κ3) is 3.05. The number of methoxy groups -OCH3 is 2. The van der Waals surface area contributed by atoms with Crippen molar-refractivity contribution in [1.29, 1.82) is 0 Å². The summed E-state index contributed by atoms with van der Waals surface area (Å²) in [7, 11) is 0.975. The first-order valence-corrected chi connectivity index (χ1v) is 6.85. The van der Waals surface area contributed by atoms with Gasteiger partial charge in [-0.2, -0.15) is 13.1 Å². The summed E-state index contributed by atoms with van der Waals surface area (Å²) in [5.41, 5.74) is 0.494. The third-order valence-electron chi connectivity index (χ3n) is 2.42. The highest BCUT2D eigenvalue weighted by Gasteiger charge is 2.18. The lowest BCUT2D eigenvalue weighted by molar-refractivity contribution is 0.355. The Balaban J connectivity index is 3.11. The van der Waals surface area contributed by atoms with E-state index in [4.69, 9.17) is 9.47 Å². The monoisotopic (exact) mass is 274 g/mol. The molecule has 1 rings (SSSR count). The molecule has 0 fully saturated rings. The zero-order chi connectivity index (χ0) is 13.8. The van der Waals surface area contributed by atoms with E-state index in [9.17, 15) is 8.42 Å². The molecule has 1 aromatic rings. The van der Waals surface area contributed by atoms with Crippen LogP contribution in [0.15, 0.2) is 18.2 Å². The fourth-order valence-electron chi connectivity index (χ4n) is 1.44. The van der Waals surface area contributed by atoms with E-state index in [0.29, 0.717) is 23.7 Å². The van der Waals surface area contributed by atoms with Gasteiger partial charge in [0.25, 0.3) is 0 Å². The van der Waals surface area contributed by atoms with Crippen LogP contribution in [0.4, 0.5) is 5.69 Å². The van der Waals surface area contributed by atoms with Crippen LogP contribution in [0, 0.1) is 0 Å². The fourth-order valence-corrected chi connectivity index (χ4v) is 2.39. The summed E-state index contributed by atoms with van der Waals surface area (Å²) in [5, 5.41) is 0. The number of anilines is 1. The molecule has 0 aromatic heterocycles. The molecule has 6 nitrogen and oxygen atoms in total. The third-order valence-corrected chi connectivity index (χ3v) is 4.00. The molecule has 0 unspecified atom stereocenters. The van der Waals surface area contributed by atoms with Crippen LogP contribution in [0.5, 0.6) is 11.5 Å². The molecule has 0 saturated carbocycles. The van der Waals surface area contributed by atoms with E-state index in [1.54, 1.807) is 25.1 Å². The van der Waals surface area contributed by atoms with Crippen LogP contribution in [0.25, 0.3) is 0 Å². The highest BCUT2D eigenvalue weighted by atomic mass is 32.2. The normalized spacial score (nSPS) is 11.1. The molecule has 1 aromatic carbocycles. The van der Waals surface area contributed by atoms with Gasteiger partial charge < -0.3 is 9.47 Å². The molecule has 0 aliphatic heterocycles. The molecular weight excluding hydrogens is 256 g/mol. The molecule has 0 saturated heterocycles. The Labute approximate surface area is 108 Å². The Morgan fingerprint density at radius 3 is 2.33 bits per heavy atom. The number of benzene rings is 1. The minimum atomic E-state index is -3.52. The minimum absolute atomic E-state index is 0.333. The van der Waals surface area contributed by atoms with Crippen molar-refractivity contribution in [2.24, 2.45) is 0 Å². The van der Waals surface area contributed by atoms with Gasteiger partial charge in [0.05, 0.1) is 19.9 Å².